The van der Waals surface area contributed by atoms with Gasteiger partial charge in [0.05, 0.1) is 30.0 Å². The molecule has 0 bridgehead atoms. The van der Waals surface area contributed by atoms with Gasteiger partial charge < -0.3 is 15.0 Å². The molecule has 0 radical (unpaired) electrons. The molecule has 3 heterocycles. The predicted octanol–water partition coefficient (Wildman–Crippen LogP) is 1.28. The van der Waals surface area contributed by atoms with Crippen LogP contribution in [0.1, 0.15) is 44.3 Å². The molecule has 0 saturated carbocycles. The number of likely N-dealkylation sites (N-methyl/N-ethyl adjacent to an activating group) is 1. The van der Waals surface area contributed by atoms with Gasteiger partial charge in [-0.15, -0.1) is 0 Å². The van der Waals surface area contributed by atoms with E-state index in [9.17, 15) is 9.59 Å². The van der Waals surface area contributed by atoms with Crippen LogP contribution in [0.25, 0.3) is 0 Å². The summed E-state index contributed by atoms with van der Waals surface area (Å²) in [5.74, 6) is 0.700. The van der Waals surface area contributed by atoms with Gasteiger partial charge in [-0.25, -0.2) is 0 Å². The Kier molecular flexibility index (Phi) is 4.59. The standard InChI is InChI=1S/C17H24N4O3/c1-11-12(5-4-10-24-11)17(23)19-13-6-7-15(22)20(2)16(13)14-8-9-18-21(14)3/h8-9,13,16H,4-7,10H2,1-3H3,(H,19,23)/t13-,16-/m1/s1. The third-order valence-electron chi connectivity index (χ3n) is 4.93. The lowest BCUT2D eigenvalue weighted by molar-refractivity contribution is -0.137. The van der Waals surface area contributed by atoms with Crippen LogP contribution in [-0.4, -0.2) is 46.2 Å². The first-order chi connectivity index (χ1) is 11.5. The summed E-state index contributed by atoms with van der Waals surface area (Å²) in [5.41, 5.74) is 1.63. The Morgan fingerprint density at radius 3 is 2.83 bits per heavy atom. The largest absolute Gasteiger partial charge is 0.498 e. The lowest BCUT2D eigenvalue weighted by Crippen LogP contribution is -2.51. The van der Waals surface area contributed by atoms with Crippen molar-refractivity contribution in [3.63, 3.8) is 0 Å². The first-order valence-electron chi connectivity index (χ1n) is 8.36. The molecule has 7 nitrogen and oxygen atoms in total. The van der Waals surface area contributed by atoms with E-state index in [0.717, 1.165) is 18.5 Å². The first-order valence-corrected chi connectivity index (χ1v) is 8.36. The molecule has 2 atom stereocenters. The Balaban J connectivity index is 1.83. The zero-order valence-electron chi connectivity index (χ0n) is 14.4. The van der Waals surface area contributed by atoms with Crippen LogP contribution in [0, 0.1) is 0 Å². The number of rotatable bonds is 3. The van der Waals surface area contributed by atoms with Crippen LogP contribution < -0.4 is 5.32 Å². The predicted molar refractivity (Wildman–Crippen MR) is 87.8 cm³/mol. The summed E-state index contributed by atoms with van der Waals surface area (Å²) in [7, 11) is 3.63. The minimum Gasteiger partial charge on any atom is -0.498 e. The van der Waals surface area contributed by atoms with Crippen molar-refractivity contribution >= 4 is 11.8 Å². The Morgan fingerprint density at radius 2 is 2.17 bits per heavy atom. The van der Waals surface area contributed by atoms with E-state index in [1.165, 1.54) is 0 Å². The van der Waals surface area contributed by atoms with Crippen LogP contribution in [0.15, 0.2) is 23.6 Å². The number of carbonyl (C=O) groups excluding carboxylic acids is 2. The second kappa shape index (κ2) is 6.67. The van der Waals surface area contributed by atoms with Crippen LogP contribution in [0.3, 0.4) is 0 Å². The Hall–Kier alpha value is -2.31. The van der Waals surface area contributed by atoms with Gasteiger partial charge in [0.25, 0.3) is 5.91 Å². The highest BCUT2D eigenvalue weighted by molar-refractivity contribution is 5.94. The molecule has 1 aromatic heterocycles. The number of nitrogens with zero attached hydrogens (tertiary/aromatic N) is 3. The van der Waals surface area contributed by atoms with Gasteiger partial charge in [0.15, 0.2) is 0 Å². The molecule has 0 unspecified atom stereocenters. The van der Waals surface area contributed by atoms with Gasteiger partial charge in [-0.3, -0.25) is 14.3 Å². The molecule has 0 aromatic carbocycles. The maximum absolute atomic E-state index is 12.7. The maximum Gasteiger partial charge on any atom is 0.250 e. The topological polar surface area (TPSA) is 76.5 Å². The van der Waals surface area contributed by atoms with Crippen LogP contribution in [0.4, 0.5) is 0 Å². The summed E-state index contributed by atoms with van der Waals surface area (Å²) in [6.07, 6.45) is 4.36. The number of nitrogens with one attached hydrogen (secondary N) is 1. The Labute approximate surface area is 141 Å². The summed E-state index contributed by atoms with van der Waals surface area (Å²) in [6, 6.07) is 1.54. The summed E-state index contributed by atoms with van der Waals surface area (Å²) >= 11 is 0. The van der Waals surface area contributed by atoms with Gasteiger partial charge in [0.1, 0.15) is 5.76 Å². The normalized spacial score (nSPS) is 24.8. The van der Waals surface area contributed by atoms with Crippen molar-refractivity contribution in [3.05, 3.63) is 29.3 Å². The van der Waals surface area contributed by atoms with Gasteiger partial charge in [0.2, 0.25) is 5.91 Å². The number of aryl methyl sites for hydroxylation is 1. The minimum atomic E-state index is -0.215. The molecule has 1 saturated heterocycles. The fourth-order valence-corrected chi connectivity index (χ4v) is 3.53. The second-order valence-corrected chi connectivity index (χ2v) is 6.43. The van der Waals surface area contributed by atoms with Crippen molar-refractivity contribution in [2.75, 3.05) is 13.7 Å². The lowest BCUT2D eigenvalue weighted by atomic mass is 9.92. The summed E-state index contributed by atoms with van der Waals surface area (Å²) < 4.78 is 7.25. The highest BCUT2D eigenvalue weighted by Crippen LogP contribution is 2.31. The molecule has 1 N–H and O–H groups in total. The number of aromatic nitrogens is 2. The molecule has 0 spiro atoms. The number of piperidine rings is 1. The maximum atomic E-state index is 12.7. The van der Waals surface area contributed by atoms with Crippen LogP contribution in [-0.2, 0) is 21.4 Å². The van der Waals surface area contributed by atoms with Gasteiger partial charge in [0, 0.05) is 26.7 Å². The van der Waals surface area contributed by atoms with Crippen molar-refractivity contribution in [3.8, 4) is 0 Å². The van der Waals surface area contributed by atoms with E-state index in [1.54, 1.807) is 22.8 Å². The molecule has 3 rings (SSSR count). The van der Waals surface area contributed by atoms with Crippen molar-refractivity contribution < 1.29 is 14.3 Å². The molecule has 0 aliphatic carbocycles. The smallest absolute Gasteiger partial charge is 0.250 e. The number of allylic oxidation sites excluding steroid dienone is 1. The van der Waals surface area contributed by atoms with E-state index in [4.69, 9.17) is 4.74 Å². The monoisotopic (exact) mass is 332 g/mol. The van der Waals surface area contributed by atoms with Crippen molar-refractivity contribution in [1.29, 1.82) is 0 Å². The van der Waals surface area contributed by atoms with E-state index in [-0.39, 0.29) is 23.9 Å². The molecule has 2 amide bonds. The zero-order chi connectivity index (χ0) is 17.3. The highest BCUT2D eigenvalue weighted by Gasteiger charge is 2.37. The highest BCUT2D eigenvalue weighted by atomic mass is 16.5. The number of ether oxygens (including phenoxy) is 1. The van der Waals surface area contributed by atoms with E-state index in [0.29, 0.717) is 30.8 Å². The number of likely N-dealkylation sites (tertiary alicyclic amines) is 1. The number of carbonyl (C=O) groups is 2. The molecule has 7 heteroatoms. The van der Waals surface area contributed by atoms with Crippen LogP contribution in [0.5, 0.6) is 0 Å². The van der Waals surface area contributed by atoms with Crippen molar-refractivity contribution in [2.45, 2.75) is 44.7 Å². The van der Waals surface area contributed by atoms with Crippen LogP contribution >= 0.6 is 0 Å². The fourth-order valence-electron chi connectivity index (χ4n) is 3.53. The Morgan fingerprint density at radius 1 is 1.38 bits per heavy atom. The van der Waals surface area contributed by atoms with Gasteiger partial charge >= 0.3 is 0 Å². The number of hydrogen-bond donors (Lipinski definition) is 1. The van der Waals surface area contributed by atoms with Crippen molar-refractivity contribution in [2.24, 2.45) is 7.05 Å². The van der Waals surface area contributed by atoms with E-state index < -0.39 is 0 Å². The number of amides is 2. The fraction of sp³-hybridized carbons (Fsp3) is 0.588. The summed E-state index contributed by atoms with van der Waals surface area (Å²) in [5, 5.41) is 7.33. The quantitative estimate of drug-likeness (QED) is 0.905. The summed E-state index contributed by atoms with van der Waals surface area (Å²) in [4.78, 5) is 26.6. The third-order valence-corrected chi connectivity index (χ3v) is 4.93. The van der Waals surface area contributed by atoms with Crippen LogP contribution in [0.2, 0.25) is 0 Å². The molecule has 24 heavy (non-hydrogen) atoms. The second-order valence-electron chi connectivity index (χ2n) is 6.43. The van der Waals surface area contributed by atoms with Gasteiger partial charge in [-0.1, -0.05) is 0 Å². The number of hydrogen-bond acceptors (Lipinski definition) is 4. The van der Waals surface area contributed by atoms with Gasteiger partial charge in [-0.2, -0.15) is 5.10 Å². The van der Waals surface area contributed by atoms with Crippen molar-refractivity contribution in [1.82, 2.24) is 20.0 Å². The molecule has 2 aliphatic heterocycles. The zero-order valence-corrected chi connectivity index (χ0v) is 14.4. The average molecular weight is 332 g/mol. The molecule has 130 valence electrons. The lowest BCUT2D eigenvalue weighted by Gasteiger charge is -2.39. The molecular formula is C17H24N4O3. The average Bonchev–Trinajstić information content (AvgIpc) is 2.97. The summed E-state index contributed by atoms with van der Waals surface area (Å²) in [6.45, 7) is 2.50. The Bertz CT molecular complexity index is 679. The van der Waals surface area contributed by atoms with E-state index in [1.807, 2.05) is 20.0 Å². The molecule has 2 aliphatic rings. The van der Waals surface area contributed by atoms with E-state index >= 15 is 0 Å². The first kappa shape index (κ1) is 16.5. The minimum absolute atomic E-state index is 0.0862. The molecule has 1 fully saturated rings. The van der Waals surface area contributed by atoms with E-state index in [2.05, 4.69) is 10.4 Å². The molecular weight excluding hydrogens is 308 g/mol. The molecule has 1 aromatic rings. The van der Waals surface area contributed by atoms with Gasteiger partial charge in [-0.05, 0) is 32.3 Å². The third kappa shape index (κ3) is 3.02. The SMILES string of the molecule is CC1=C(C(=O)N[C@@H]2CCC(=O)N(C)[C@H]2c2ccnn2C)CCCO1.